The number of hydrogen-bond acceptors (Lipinski definition) is 3. The Kier molecular flexibility index (Phi) is 7.00. The molecule has 3 nitrogen and oxygen atoms in total. The lowest BCUT2D eigenvalue weighted by molar-refractivity contribution is -0.113. The quantitative estimate of drug-likeness (QED) is 0.839. The summed E-state index contributed by atoms with van der Waals surface area (Å²) in [5.41, 5.74) is 1.33. The molecule has 0 aromatic heterocycles. The highest BCUT2D eigenvalue weighted by Crippen LogP contribution is 2.33. The van der Waals surface area contributed by atoms with Crippen molar-refractivity contribution in [2.75, 3.05) is 17.7 Å². The van der Waals surface area contributed by atoms with Gasteiger partial charge in [-0.15, -0.1) is 11.8 Å². The number of amides is 1. The molecule has 6 heteroatoms. The number of halogens is 2. The normalized spacial score (nSPS) is 12.3. The summed E-state index contributed by atoms with van der Waals surface area (Å²) in [7, 11) is 0. The van der Waals surface area contributed by atoms with E-state index in [2.05, 4.69) is 5.32 Å². The van der Waals surface area contributed by atoms with Crippen molar-refractivity contribution in [3.8, 4) is 0 Å². The van der Waals surface area contributed by atoms with E-state index in [0.717, 1.165) is 5.56 Å². The first kappa shape index (κ1) is 16.6. The Labute approximate surface area is 127 Å². The Bertz CT molecular complexity index is 455. The molecule has 0 radical (unpaired) electrons. The zero-order valence-electron chi connectivity index (χ0n) is 10.9. The predicted molar refractivity (Wildman–Crippen MR) is 83.5 cm³/mol. The van der Waals surface area contributed by atoms with E-state index in [0.29, 0.717) is 27.9 Å². The highest BCUT2D eigenvalue weighted by atomic mass is 35.5. The van der Waals surface area contributed by atoms with Crippen molar-refractivity contribution in [3.63, 3.8) is 0 Å². The lowest BCUT2D eigenvalue weighted by atomic mass is 10.2. The SMILES string of the molecule is Cc1ccc(Cl)c(NC(=O)CSC(C)CCO)c1Cl. The van der Waals surface area contributed by atoms with Crippen LogP contribution in [0.4, 0.5) is 5.69 Å². The minimum absolute atomic E-state index is 0.130. The predicted octanol–water partition coefficient (Wildman–Crippen LogP) is 3.74. The van der Waals surface area contributed by atoms with Gasteiger partial charge in [-0.3, -0.25) is 4.79 Å². The summed E-state index contributed by atoms with van der Waals surface area (Å²) in [6.07, 6.45) is 0.671. The van der Waals surface area contributed by atoms with Crippen molar-refractivity contribution in [1.82, 2.24) is 0 Å². The number of hydrogen-bond donors (Lipinski definition) is 2. The molecular formula is C13H17Cl2NO2S. The van der Waals surface area contributed by atoms with Gasteiger partial charge in [0, 0.05) is 11.9 Å². The molecule has 0 heterocycles. The van der Waals surface area contributed by atoms with Gasteiger partial charge in [0.1, 0.15) is 0 Å². The molecule has 106 valence electrons. The van der Waals surface area contributed by atoms with Crippen LogP contribution in [0.25, 0.3) is 0 Å². The van der Waals surface area contributed by atoms with E-state index in [1.165, 1.54) is 11.8 Å². The average molecular weight is 322 g/mol. The first-order chi connectivity index (χ1) is 8.95. The fourth-order valence-corrected chi connectivity index (χ4v) is 2.68. The van der Waals surface area contributed by atoms with E-state index in [9.17, 15) is 4.79 Å². The maximum atomic E-state index is 11.8. The molecule has 0 bridgehead atoms. The van der Waals surface area contributed by atoms with Crippen molar-refractivity contribution in [2.45, 2.75) is 25.5 Å². The molecule has 2 N–H and O–H groups in total. The summed E-state index contributed by atoms with van der Waals surface area (Å²) >= 11 is 13.6. The summed E-state index contributed by atoms with van der Waals surface area (Å²) < 4.78 is 0. The maximum Gasteiger partial charge on any atom is 0.234 e. The van der Waals surface area contributed by atoms with Crippen LogP contribution in [0.15, 0.2) is 12.1 Å². The van der Waals surface area contributed by atoms with E-state index in [1.54, 1.807) is 12.1 Å². The highest BCUT2D eigenvalue weighted by Gasteiger charge is 2.13. The Morgan fingerprint density at radius 1 is 1.47 bits per heavy atom. The number of carbonyl (C=O) groups is 1. The molecule has 19 heavy (non-hydrogen) atoms. The number of rotatable bonds is 6. The Morgan fingerprint density at radius 3 is 2.79 bits per heavy atom. The van der Waals surface area contributed by atoms with Crippen LogP contribution in [0.1, 0.15) is 18.9 Å². The molecule has 1 rings (SSSR count). The van der Waals surface area contributed by atoms with Crippen molar-refractivity contribution in [3.05, 3.63) is 27.7 Å². The number of aliphatic hydroxyl groups excluding tert-OH is 1. The van der Waals surface area contributed by atoms with Gasteiger partial charge in [-0.2, -0.15) is 0 Å². The molecule has 0 spiro atoms. The van der Waals surface area contributed by atoms with Crippen LogP contribution in [0.2, 0.25) is 10.0 Å². The number of aryl methyl sites for hydroxylation is 1. The molecule has 0 aliphatic rings. The third-order valence-corrected chi connectivity index (χ3v) is 4.62. The highest BCUT2D eigenvalue weighted by molar-refractivity contribution is 8.00. The van der Waals surface area contributed by atoms with Gasteiger partial charge < -0.3 is 10.4 Å². The summed E-state index contributed by atoms with van der Waals surface area (Å²) in [6.45, 7) is 3.96. The molecule has 1 aromatic rings. The van der Waals surface area contributed by atoms with Gasteiger partial charge in [-0.05, 0) is 25.0 Å². The van der Waals surface area contributed by atoms with Crippen LogP contribution in [0.5, 0.6) is 0 Å². The molecule has 1 amide bonds. The van der Waals surface area contributed by atoms with Gasteiger partial charge >= 0.3 is 0 Å². The van der Waals surface area contributed by atoms with E-state index in [-0.39, 0.29) is 17.8 Å². The molecule has 0 saturated heterocycles. The van der Waals surface area contributed by atoms with Gasteiger partial charge in [0.25, 0.3) is 0 Å². The fourth-order valence-electron chi connectivity index (χ4n) is 1.43. The average Bonchev–Trinajstić information content (AvgIpc) is 2.37. The first-order valence-corrected chi connectivity index (χ1v) is 7.73. The number of anilines is 1. The van der Waals surface area contributed by atoms with Crippen LogP contribution >= 0.6 is 35.0 Å². The molecule has 0 fully saturated rings. The molecule has 0 aliphatic carbocycles. The van der Waals surface area contributed by atoms with Crippen LogP contribution in [0.3, 0.4) is 0 Å². The lowest BCUT2D eigenvalue weighted by Gasteiger charge is -2.12. The third kappa shape index (κ3) is 5.22. The second-order valence-electron chi connectivity index (χ2n) is 4.24. The van der Waals surface area contributed by atoms with Gasteiger partial charge in [0.2, 0.25) is 5.91 Å². The summed E-state index contributed by atoms with van der Waals surface area (Å²) in [5.74, 6) is 0.158. The van der Waals surface area contributed by atoms with Crippen molar-refractivity contribution < 1.29 is 9.90 Å². The minimum atomic E-state index is -0.149. The van der Waals surface area contributed by atoms with Gasteiger partial charge in [0.15, 0.2) is 0 Å². The van der Waals surface area contributed by atoms with Crippen LogP contribution in [-0.4, -0.2) is 28.6 Å². The molecule has 0 aliphatic heterocycles. The number of aliphatic hydroxyl groups is 1. The topological polar surface area (TPSA) is 49.3 Å². The van der Waals surface area contributed by atoms with Crippen molar-refractivity contribution >= 4 is 46.6 Å². The largest absolute Gasteiger partial charge is 0.396 e. The smallest absolute Gasteiger partial charge is 0.234 e. The monoisotopic (exact) mass is 321 g/mol. The minimum Gasteiger partial charge on any atom is -0.396 e. The van der Waals surface area contributed by atoms with E-state index in [4.69, 9.17) is 28.3 Å². The fraction of sp³-hybridized carbons (Fsp3) is 0.462. The van der Waals surface area contributed by atoms with Gasteiger partial charge in [0.05, 0.1) is 21.5 Å². The summed E-state index contributed by atoms with van der Waals surface area (Å²) in [5, 5.41) is 12.7. The first-order valence-electron chi connectivity index (χ1n) is 5.92. The lowest BCUT2D eigenvalue weighted by Crippen LogP contribution is -2.17. The van der Waals surface area contributed by atoms with E-state index in [1.807, 2.05) is 13.8 Å². The van der Waals surface area contributed by atoms with E-state index >= 15 is 0 Å². The molecule has 1 aromatic carbocycles. The second kappa shape index (κ2) is 8.00. The van der Waals surface area contributed by atoms with E-state index < -0.39 is 0 Å². The number of benzene rings is 1. The molecule has 0 saturated carbocycles. The molecule has 1 unspecified atom stereocenters. The third-order valence-electron chi connectivity index (χ3n) is 2.58. The van der Waals surface area contributed by atoms with Gasteiger partial charge in [-0.25, -0.2) is 0 Å². The number of thioether (sulfide) groups is 1. The van der Waals surface area contributed by atoms with Crippen LogP contribution in [0, 0.1) is 6.92 Å². The maximum absolute atomic E-state index is 11.8. The summed E-state index contributed by atoms with van der Waals surface area (Å²) in [6, 6.07) is 3.51. The Hall–Kier alpha value is -0.420. The Morgan fingerprint density at radius 2 is 2.16 bits per heavy atom. The second-order valence-corrected chi connectivity index (χ2v) is 6.45. The zero-order valence-corrected chi connectivity index (χ0v) is 13.2. The van der Waals surface area contributed by atoms with Crippen LogP contribution in [-0.2, 0) is 4.79 Å². The van der Waals surface area contributed by atoms with Crippen LogP contribution < -0.4 is 5.32 Å². The van der Waals surface area contributed by atoms with Crippen molar-refractivity contribution in [1.29, 1.82) is 0 Å². The molecular weight excluding hydrogens is 305 g/mol. The summed E-state index contributed by atoms with van der Waals surface area (Å²) in [4.78, 5) is 11.8. The number of carbonyl (C=O) groups excluding carboxylic acids is 1. The van der Waals surface area contributed by atoms with Crippen molar-refractivity contribution in [2.24, 2.45) is 0 Å². The molecule has 1 atom stereocenters. The number of nitrogens with one attached hydrogen (secondary N) is 1. The van der Waals surface area contributed by atoms with Gasteiger partial charge in [-0.1, -0.05) is 36.2 Å². The zero-order chi connectivity index (χ0) is 14.4. The standard InChI is InChI=1S/C13H17Cl2NO2S/c1-8-3-4-10(14)13(12(8)15)16-11(18)7-19-9(2)5-6-17/h3-4,9,17H,5-7H2,1-2H3,(H,16,18). The Balaban J connectivity index is 2.60.